The average Bonchev–Trinajstić information content (AvgIpc) is 2.71. The number of hydrogen-bond acceptors (Lipinski definition) is 3. The molecule has 150 valence electrons. The molecule has 0 saturated heterocycles. The number of carbonyl (C=O) groups is 1. The van der Waals surface area contributed by atoms with Gasteiger partial charge in [0, 0.05) is 19.3 Å². The minimum absolute atomic E-state index is 0.138. The van der Waals surface area contributed by atoms with Gasteiger partial charge >= 0.3 is 0 Å². The van der Waals surface area contributed by atoms with Crippen LogP contribution in [-0.2, 0) is 16.6 Å². The van der Waals surface area contributed by atoms with Crippen molar-refractivity contribution in [3.05, 3.63) is 94.5 Å². The molecule has 0 aliphatic rings. The first-order valence-corrected chi connectivity index (χ1v) is 10.8. The van der Waals surface area contributed by atoms with Gasteiger partial charge in [-0.2, -0.15) is 0 Å². The third kappa shape index (κ3) is 5.16. The SMILES string of the molecule is Cc1ccc(CN(C)C(=O)c2cc(NS(=O)(=O)c3ccccc3)ccc2Cl)cc1. The Balaban J connectivity index is 1.81. The lowest BCUT2D eigenvalue weighted by molar-refractivity contribution is 0.0785. The number of amides is 1. The van der Waals surface area contributed by atoms with Crippen molar-refractivity contribution in [2.75, 3.05) is 11.8 Å². The van der Waals surface area contributed by atoms with E-state index >= 15 is 0 Å². The summed E-state index contributed by atoms with van der Waals surface area (Å²) in [7, 11) is -2.08. The Kier molecular flexibility index (Phi) is 6.25. The molecule has 0 heterocycles. The molecule has 0 saturated carbocycles. The van der Waals surface area contributed by atoms with Gasteiger partial charge in [0.05, 0.1) is 15.5 Å². The van der Waals surface area contributed by atoms with Crippen LogP contribution in [0.1, 0.15) is 21.5 Å². The summed E-state index contributed by atoms with van der Waals surface area (Å²) in [5, 5.41) is 0.258. The zero-order chi connectivity index (χ0) is 21.0. The van der Waals surface area contributed by atoms with Gasteiger partial charge in [0.1, 0.15) is 0 Å². The summed E-state index contributed by atoms with van der Waals surface area (Å²) in [6, 6.07) is 20.4. The smallest absolute Gasteiger partial charge is 0.261 e. The van der Waals surface area contributed by atoms with E-state index in [1.165, 1.54) is 30.3 Å². The van der Waals surface area contributed by atoms with Gasteiger partial charge in [-0.3, -0.25) is 9.52 Å². The van der Waals surface area contributed by atoms with Gasteiger partial charge in [-0.1, -0.05) is 59.6 Å². The van der Waals surface area contributed by atoms with Crippen molar-refractivity contribution in [1.82, 2.24) is 4.90 Å². The van der Waals surface area contributed by atoms with Crippen LogP contribution in [0.25, 0.3) is 0 Å². The monoisotopic (exact) mass is 428 g/mol. The van der Waals surface area contributed by atoms with Crippen molar-refractivity contribution < 1.29 is 13.2 Å². The molecular weight excluding hydrogens is 408 g/mol. The topological polar surface area (TPSA) is 66.5 Å². The Hall–Kier alpha value is -2.83. The Bertz CT molecular complexity index is 1110. The number of nitrogens with one attached hydrogen (secondary N) is 1. The highest BCUT2D eigenvalue weighted by atomic mass is 35.5. The van der Waals surface area contributed by atoms with Gasteiger partial charge in [-0.25, -0.2) is 8.42 Å². The van der Waals surface area contributed by atoms with Gasteiger partial charge in [0.25, 0.3) is 15.9 Å². The van der Waals surface area contributed by atoms with Crippen LogP contribution in [0, 0.1) is 6.92 Å². The predicted octanol–water partition coefficient (Wildman–Crippen LogP) is 4.72. The molecule has 3 aromatic rings. The molecule has 0 aliphatic carbocycles. The van der Waals surface area contributed by atoms with Gasteiger partial charge < -0.3 is 4.90 Å². The molecule has 3 rings (SSSR count). The van der Waals surface area contributed by atoms with E-state index in [0.717, 1.165) is 11.1 Å². The lowest BCUT2D eigenvalue weighted by Crippen LogP contribution is -2.26. The predicted molar refractivity (Wildman–Crippen MR) is 116 cm³/mol. The van der Waals surface area contributed by atoms with Gasteiger partial charge in [0.2, 0.25) is 0 Å². The van der Waals surface area contributed by atoms with E-state index < -0.39 is 10.0 Å². The number of sulfonamides is 1. The third-order valence-electron chi connectivity index (χ3n) is 4.39. The van der Waals surface area contributed by atoms with Crippen LogP contribution in [0.3, 0.4) is 0 Å². The van der Waals surface area contributed by atoms with Crippen molar-refractivity contribution in [2.45, 2.75) is 18.4 Å². The summed E-state index contributed by atoms with van der Waals surface area (Å²) >= 11 is 6.22. The molecule has 1 N–H and O–H groups in total. The van der Waals surface area contributed by atoms with Gasteiger partial charge in [-0.05, 0) is 42.8 Å². The molecule has 0 aliphatic heterocycles. The van der Waals surface area contributed by atoms with Crippen LogP contribution < -0.4 is 4.72 Å². The highest BCUT2D eigenvalue weighted by Gasteiger charge is 2.19. The minimum Gasteiger partial charge on any atom is -0.337 e. The number of anilines is 1. The largest absolute Gasteiger partial charge is 0.337 e. The highest BCUT2D eigenvalue weighted by Crippen LogP contribution is 2.24. The number of hydrogen-bond donors (Lipinski definition) is 1. The van der Waals surface area contributed by atoms with Crippen LogP contribution in [0.5, 0.6) is 0 Å². The molecule has 7 heteroatoms. The second-order valence-corrected chi connectivity index (χ2v) is 8.85. The Labute approximate surface area is 176 Å². The van der Waals surface area contributed by atoms with Crippen molar-refractivity contribution >= 4 is 33.2 Å². The number of carbonyl (C=O) groups excluding carboxylic acids is 1. The number of aryl methyl sites for hydroxylation is 1. The highest BCUT2D eigenvalue weighted by molar-refractivity contribution is 7.92. The van der Waals surface area contributed by atoms with Crippen LogP contribution in [0.2, 0.25) is 5.02 Å². The Morgan fingerprint density at radius 2 is 1.66 bits per heavy atom. The van der Waals surface area contributed by atoms with Crippen molar-refractivity contribution in [3.8, 4) is 0 Å². The summed E-state index contributed by atoms with van der Waals surface area (Å²) in [4.78, 5) is 14.6. The van der Waals surface area contributed by atoms with Gasteiger partial charge in [0.15, 0.2) is 0 Å². The van der Waals surface area contributed by atoms with Crippen molar-refractivity contribution in [2.24, 2.45) is 0 Å². The normalized spacial score (nSPS) is 11.1. The molecule has 0 fully saturated rings. The molecule has 0 spiro atoms. The summed E-state index contributed by atoms with van der Waals surface area (Å²) in [5.74, 6) is -0.295. The Morgan fingerprint density at radius 3 is 2.31 bits per heavy atom. The van der Waals surface area contributed by atoms with Crippen LogP contribution in [-0.4, -0.2) is 26.3 Å². The first-order chi connectivity index (χ1) is 13.8. The molecule has 5 nitrogen and oxygen atoms in total. The number of halogens is 1. The fourth-order valence-electron chi connectivity index (χ4n) is 2.81. The fourth-order valence-corrected chi connectivity index (χ4v) is 4.08. The Morgan fingerprint density at radius 1 is 1.00 bits per heavy atom. The maximum atomic E-state index is 12.9. The molecule has 1 amide bonds. The molecule has 3 aromatic carbocycles. The van der Waals surface area contributed by atoms with Crippen molar-refractivity contribution in [3.63, 3.8) is 0 Å². The lowest BCUT2D eigenvalue weighted by Gasteiger charge is -2.19. The zero-order valence-electron chi connectivity index (χ0n) is 16.1. The van der Waals surface area contributed by atoms with E-state index in [1.54, 1.807) is 30.1 Å². The lowest BCUT2D eigenvalue weighted by atomic mass is 10.1. The summed E-state index contributed by atoms with van der Waals surface area (Å²) in [6.07, 6.45) is 0. The van der Waals surface area contributed by atoms with Crippen molar-refractivity contribution in [1.29, 1.82) is 0 Å². The van der Waals surface area contributed by atoms with E-state index in [4.69, 9.17) is 11.6 Å². The second kappa shape index (κ2) is 8.68. The van der Waals surface area contributed by atoms with Crippen LogP contribution in [0.15, 0.2) is 77.7 Å². The van der Waals surface area contributed by atoms with E-state index in [0.29, 0.717) is 6.54 Å². The van der Waals surface area contributed by atoms with Crippen LogP contribution in [0.4, 0.5) is 5.69 Å². The first kappa shape index (κ1) is 20.9. The number of benzene rings is 3. The quantitative estimate of drug-likeness (QED) is 0.617. The van der Waals surface area contributed by atoms with Crippen LogP contribution >= 0.6 is 11.6 Å². The molecule has 0 unspecified atom stereocenters. The third-order valence-corrected chi connectivity index (χ3v) is 6.12. The maximum Gasteiger partial charge on any atom is 0.261 e. The average molecular weight is 429 g/mol. The molecule has 0 atom stereocenters. The van der Waals surface area contributed by atoms with Gasteiger partial charge in [-0.15, -0.1) is 0 Å². The summed E-state index contributed by atoms with van der Waals surface area (Å²) < 4.78 is 27.6. The number of nitrogens with zero attached hydrogens (tertiary/aromatic N) is 1. The standard InChI is InChI=1S/C22H21ClN2O3S/c1-16-8-10-17(11-9-16)15-25(2)22(26)20-14-18(12-13-21(20)23)24-29(27,28)19-6-4-3-5-7-19/h3-14,24H,15H2,1-2H3. The summed E-state index contributed by atoms with van der Waals surface area (Å²) in [5.41, 5.74) is 2.63. The number of rotatable bonds is 6. The maximum absolute atomic E-state index is 12.9. The molecule has 0 aromatic heterocycles. The van der Waals surface area contributed by atoms with E-state index in [9.17, 15) is 13.2 Å². The van der Waals surface area contributed by atoms with E-state index in [-0.39, 0.29) is 27.1 Å². The second-order valence-electron chi connectivity index (χ2n) is 6.76. The zero-order valence-corrected chi connectivity index (χ0v) is 17.7. The molecule has 0 radical (unpaired) electrons. The van der Waals surface area contributed by atoms with E-state index in [1.807, 2.05) is 31.2 Å². The molecule has 29 heavy (non-hydrogen) atoms. The fraction of sp³-hybridized carbons (Fsp3) is 0.136. The van der Waals surface area contributed by atoms with E-state index in [2.05, 4.69) is 4.72 Å². The first-order valence-electron chi connectivity index (χ1n) is 8.95. The summed E-state index contributed by atoms with van der Waals surface area (Å²) in [6.45, 7) is 2.41. The molecule has 0 bridgehead atoms. The molecular formula is C22H21ClN2O3S. The minimum atomic E-state index is -3.76.